The number of halogens is 3. The third-order valence-corrected chi connectivity index (χ3v) is 8.00. The molecule has 0 fully saturated rings. The number of rotatable bonds is 11. The van der Waals surface area contributed by atoms with Crippen LogP contribution in [0.3, 0.4) is 0 Å². The first kappa shape index (κ1) is 30.6. The number of hydrogen-bond acceptors (Lipinski definition) is 5. The van der Waals surface area contributed by atoms with Gasteiger partial charge < -0.3 is 15.0 Å². The van der Waals surface area contributed by atoms with Crippen LogP contribution >= 0.6 is 34.8 Å². The molecular weight excluding hydrogens is 585 g/mol. The highest BCUT2D eigenvalue weighted by Crippen LogP contribution is 2.31. The molecule has 0 aliphatic carbocycles. The van der Waals surface area contributed by atoms with E-state index in [9.17, 15) is 18.0 Å². The number of hydrogen-bond donors (Lipinski definition) is 1. The molecule has 208 valence electrons. The summed E-state index contributed by atoms with van der Waals surface area (Å²) in [7, 11) is -1.03. The summed E-state index contributed by atoms with van der Waals surface area (Å²) in [4.78, 5) is 28.4. The number of ether oxygens (including phenoxy) is 1. The molecule has 39 heavy (non-hydrogen) atoms. The molecule has 0 aromatic heterocycles. The first-order valence-electron chi connectivity index (χ1n) is 11.7. The van der Waals surface area contributed by atoms with Gasteiger partial charge in [0.25, 0.3) is 0 Å². The number of nitrogens with zero attached hydrogens (tertiary/aromatic N) is 2. The number of anilines is 1. The maximum Gasteiger partial charge on any atom is 0.244 e. The zero-order chi connectivity index (χ0) is 28.7. The van der Waals surface area contributed by atoms with Gasteiger partial charge in [0.1, 0.15) is 18.3 Å². The highest BCUT2D eigenvalue weighted by Gasteiger charge is 2.33. The van der Waals surface area contributed by atoms with E-state index in [1.807, 2.05) is 30.3 Å². The first-order chi connectivity index (χ1) is 18.4. The summed E-state index contributed by atoms with van der Waals surface area (Å²) >= 11 is 18.7. The zero-order valence-corrected chi connectivity index (χ0v) is 24.6. The second-order valence-corrected chi connectivity index (χ2v) is 11.8. The summed E-state index contributed by atoms with van der Waals surface area (Å²) < 4.78 is 31.7. The molecule has 0 radical (unpaired) electrons. The summed E-state index contributed by atoms with van der Waals surface area (Å²) in [5.74, 6) is -0.694. The zero-order valence-electron chi connectivity index (χ0n) is 21.5. The van der Waals surface area contributed by atoms with Gasteiger partial charge in [0.05, 0.1) is 24.1 Å². The van der Waals surface area contributed by atoms with Crippen LogP contribution < -0.4 is 14.4 Å². The Morgan fingerprint density at radius 1 is 0.974 bits per heavy atom. The van der Waals surface area contributed by atoms with Crippen molar-refractivity contribution >= 4 is 62.3 Å². The molecule has 3 rings (SSSR count). The number of amides is 2. The Hall–Kier alpha value is -2.98. The SMILES string of the molecule is CNC(=O)[C@H](Cc1ccccc1)N(Cc1ccc(Cl)cc1Cl)C(=O)CN(c1ccc(OC)c(Cl)c1)S(C)(=O)=O. The number of benzene rings is 3. The summed E-state index contributed by atoms with van der Waals surface area (Å²) in [6.45, 7) is -0.657. The second kappa shape index (κ2) is 13.4. The van der Waals surface area contributed by atoms with E-state index in [1.165, 1.54) is 43.3 Å². The van der Waals surface area contributed by atoms with Crippen LogP contribution in [0, 0.1) is 0 Å². The van der Waals surface area contributed by atoms with Crippen molar-refractivity contribution < 1.29 is 22.7 Å². The molecule has 3 aromatic rings. The monoisotopic (exact) mass is 611 g/mol. The van der Waals surface area contributed by atoms with Crippen molar-refractivity contribution in [3.63, 3.8) is 0 Å². The van der Waals surface area contributed by atoms with Crippen LogP contribution in [0.25, 0.3) is 0 Å². The Balaban J connectivity index is 2.06. The fraction of sp³-hybridized carbons (Fsp3) is 0.259. The smallest absolute Gasteiger partial charge is 0.244 e. The van der Waals surface area contributed by atoms with Crippen LogP contribution in [-0.4, -0.2) is 58.1 Å². The topological polar surface area (TPSA) is 96.0 Å². The molecule has 0 aliphatic rings. The predicted octanol–water partition coefficient (Wildman–Crippen LogP) is 4.81. The normalized spacial score (nSPS) is 11.9. The van der Waals surface area contributed by atoms with Gasteiger partial charge in [0.2, 0.25) is 21.8 Å². The highest BCUT2D eigenvalue weighted by atomic mass is 35.5. The largest absolute Gasteiger partial charge is 0.495 e. The molecule has 3 aromatic carbocycles. The molecule has 0 spiro atoms. The van der Waals surface area contributed by atoms with Crippen LogP contribution in [0.15, 0.2) is 66.7 Å². The standard InChI is InChI=1S/C27H28Cl3N3O5S/c1-31-27(35)24(13-18-7-5-4-6-8-18)32(16-19-9-10-20(28)14-22(19)29)26(34)17-33(39(3,36)37)21-11-12-25(38-2)23(30)15-21/h4-12,14-15,24H,13,16-17H2,1-3H3,(H,31,35)/t24-/m0/s1. The van der Waals surface area contributed by atoms with Crippen LogP contribution in [0.5, 0.6) is 5.75 Å². The minimum Gasteiger partial charge on any atom is -0.495 e. The number of methoxy groups -OCH3 is 1. The molecule has 0 saturated heterocycles. The summed E-state index contributed by atoms with van der Waals surface area (Å²) in [6, 6.07) is 17.4. The van der Waals surface area contributed by atoms with Crippen molar-refractivity contribution in [3.05, 3.63) is 92.9 Å². The molecule has 0 saturated carbocycles. The van der Waals surface area contributed by atoms with Gasteiger partial charge in [0.15, 0.2) is 0 Å². The van der Waals surface area contributed by atoms with E-state index in [2.05, 4.69) is 5.32 Å². The lowest BCUT2D eigenvalue weighted by Gasteiger charge is -2.33. The van der Waals surface area contributed by atoms with E-state index in [-0.39, 0.29) is 23.7 Å². The van der Waals surface area contributed by atoms with E-state index >= 15 is 0 Å². The average molecular weight is 613 g/mol. The van der Waals surface area contributed by atoms with E-state index in [0.29, 0.717) is 21.4 Å². The van der Waals surface area contributed by atoms with Gasteiger partial charge >= 0.3 is 0 Å². The third kappa shape index (κ3) is 8.02. The Kier molecular flexibility index (Phi) is 10.5. The number of sulfonamides is 1. The maximum absolute atomic E-state index is 13.9. The molecule has 0 aliphatic heterocycles. The van der Waals surface area contributed by atoms with E-state index in [0.717, 1.165) is 16.1 Å². The highest BCUT2D eigenvalue weighted by molar-refractivity contribution is 7.92. The van der Waals surface area contributed by atoms with Gasteiger partial charge in [-0.15, -0.1) is 0 Å². The molecule has 1 N–H and O–H groups in total. The predicted molar refractivity (Wildman–Crippen MR) is 155 cm³/mol. The minimum absolute atomic E-state index is 0.0687. The van der Waals surface area contributed by atoms with Crippen molar-refractivity contribution in [3.8, 4) is 5.75 Å². The quantitative estimate of drug-likeness (QED) is 0.335. The molecular formula is C27H28Cl3N3O5S. The summed E-state index contributed by atoms with van der Waals surface area (Å²) in [5.41, 5.74) is 1.52. The molecule has 8 nitrogen and oxygen atoms in total. The lowest BCUT2D eigenvalue weighted by atomic mass is 10.0. The molecule has 1 atom stereocenters. The number of likely N-dealkylation sites (N-methyl/N-ethyl adjacent to an activating group) is 1. The van der Waals surface area contributed by atoms with Gasteiger partial charge in [-0.1, -0.05) is 71.2 Å². The molecule has 12 heteroatoms. The van der Waals surface area contributed by atoms with Crippen molar-refractivity contribution in [2.45, 2.75) is 19.0 Å². The lowest BCUT2D eigenvalue weighted by molar-refractivity contribution is -0.139. The van der Waals surface area contributed by atoms with Crippen LogP contribution in [0.1, 0.15) is 11.1 Å². The van der Waals surface area contributed by atoms with Crippen LogP contribution in [0.2, 0.25) is 15.1 Å². The van der Waals surface area contributed by atoms with E-state index in [1.54, 1.807) is 12.1 Å². The first-order valence-corrected chi connectivity index (χ1v) is 14.7. The molecule has 2 amide bonds. The lowest BCUT2D eigenvalue weighted by Crippen LogP contribution is -2.52. The molecule has 0 bridgehead atoms. The van der Waals surface area contributed by atoms with Gasteiger partial charge in [-0.3, -0.25) is 13.9 Å². The van der Waals surface area contributed by atoms with Gasteiger partial charge in [-0.05, 0) is 41.5 Å². The van der Waals surface area contributed by atoms with Gasteiger partial charge in [-0.2, -0.15) is 0 Å². The molecule has 0 heterocycles. The van der Waals surface area contributed by atoms with Crippen molar-refractivity contribution in [2.24, 2.45) is 0 Å². The van der Waals surface area contributed by atoms with E-state index in [4.69, 9.17) is 39.5 Å². The van der Waals surface area contributed by atoms with Crippen molar-refractivity contribution in [1.29, 1.82) is 0 Å². The van der Waals surface area contributed by atoms with Crippen molar-refractivity contribution in [2.75, 3.05) is 31.3 Å². The summed E-state index contributed by atoms with van der Waals surface area (Å²) in [6.07, 6.45) is 1.17. The second-order valence-electron chi connectivity index (χ2n) is 8.67. The Bertz CT molecular complexity index is 1440. The fourth-order valence-corrected chi connectivity index (χ4v) is 5.54. The Morgan fingerprint density at radius 3 is 2.23 bits per heavy atom. The summed E-state index contributed by atoms with van der Waals surface area (Å²) in [5, 5.41) is 3.50. The Morgan fingerprint density at radius 2 is 1.67 bits per heavy atom. The van der Waals surface area contributed by atoms with Gasteiger partial charge in [-0.25, -0.2) is 8.42 Å². The van der Waals surface area contributed by atoms with Gasteiger partial charge in [0, 0.05) is 30.1 Å². The van der Waals surface area contributed by atoms with E-state index < -0.39 is 34.4 Å². The van der Waals surface area contributed by atoms with Crippen LogP contribution in [0.4, 0.5) is 5.69 Å². The number of carbonyl (C=O) groups excluding carboxylic acids is 2. The van der Waals surface area contributed by atoms with Crippen molar-refractivity contribution in [1.82, 2.24) is 10.2 Å². The maximum atomic E-state index is 13.9. The molecule has 0 unspecified atom stereocenters. The minimum atomic E-state index is -3.94. The average Bonchev–Trinajstić information content (AvgIpc) is 2.89. The third-order valence-electron chi connectivity index (χ3n) is 5.98. The number of carbonyl (C=O) groups is 2. The van der Waals surface area contributed by atoms with Crippen LogP contribution in [-0.2, 0) is 32.6 Å². The Labute approximate surface area is 243 Å². The fourth-order valence-electron chi connectivity index (χ4n) is 3.98. The number of nitrogens with one attached hydrogen (secondary N) is 1.